The lowest BCUT2D eigenvalue weighted by molar-refractivity contribution is -0.129. The van der Waals surface area contributed by atoms with Crippen molar-refractivity contribution in [2.75, 3.05) is 6.61 Å². The molecule has 62 valence electrons. The van der Waals surface area contributed by atoms with Gasteiger partial charge in [-0.2, -0.15) is 0 Å². The van der Waals surface area contributed by atoms with Gasteiger partial charge in [-0.3, -0.25) is 0 Å². The largest absolute Gasteiger partial charge is 0.477 e. The van der Waals surface area contributed by atoms with Crippen LogP contribution in [0.25, 0.3) is 0 Å². The molecule has 0 fully saturated rings. The first-order valence-corrected chi connectivity index (χ1v) is 3.25. The highest BCUT2D eigenvalue weighted by Crippen LogP contribution is 1.88. The van der Waals surface area contributed by atoms with Crippen molar-refractivity contribution in [2.45, 2.75) is 13.3 Å². The molecule has 11 heavy (non-hydrogen) atoms. The highest BCUT2D eigenvalue weighted by Gasteiger charge is 2.05. The second-order valence-corrected chi connectivity index (χ2v) is 1.78. The SMILES string of the molecule is C=CCON=C(CC)C(=O)O. The number of oxime groups is 1. The molecule has 0 spiro atoms. The molecule has 0 aromatic carbocycles. The molecule has 0 aromatic heterocycles. The first-order valence-electron chi connectivity index (χ1n) is 3.25. The van der Waals surface area contributed by atoms with Crippen LogP contribution in [-0.2, 0) is 9.63 Å². The van der Waals surface area contributed by atoms with Gasteiger partial charge in [0.25, 0.3) is 0 Å². The Balaban J connectivity index is 3.90. The number of hydrogen-bond acceptors (Lipinski definition) is 3. The predicted octanol–water partition coefficient (Wildman–Crippen LogP) is 1.04. The molecule has 0 rings (SSSR count). The van der Waals surface area contributed by atoms with Gasteiger partial charge in [0.05, 0.1) is 0 Å². The summed E-state index contributed by atoms with van der Waals surface area (Å²) >= 11 is 0. The monoisotopic (exact) mass is 157 g/mol. The van der Waals surface area contributed by atoms with Crippen molar-refractivity contribution < 1.29 is 14.7 Å². The Hall–Kier alpha value is -1.32. The van der Waals surface area contributed by atoms with Crippen LogP contribution in [0.15, 0.2) is 17.8 Å². The fourth-order valence-electron chi connectivity index (χ4n) is 0.423. The summed E-state index contributed by atoms with van der Waals surface area (Å²) < 4.78 is 0. The maximum absolute atomic E-state index is 10.3. The van der Waals surface area contributed by atoms with Gasteiger partial charge in [-0.05, 0) is 6.42 Å². The Morgan fingerprint density at radius 3 is 2.82 bits per heavy atom. The van der Waals surface area contributed by atoms with E-state index in [9.17, 15) is 4.79 Å². The fourth-order valence-corrected chi connectivity index (χ4v) is 0.423. The molecule has 0 radical (unpaired) electrons. The molecule has 0 unspecified atom stereocenters. The number of rotatable bonds is 5. The van der Waals surface area contributed by atoms with Crippen LogP contribution in [0.2, 0.25) is 0 Å². The molecular formula is C7H11NO3. The quantitative estimate of drug-likeness (QED) is 0.281. The molecular weight excluding hydrogens is 146 g/mol. The van der Waals surface area contributed by atoms with Gasteiger partial charge in [-0.25, -0.2) is 4.79 Å². The number of carboxylic acids is 1. The van der Waals surface area contributed by atoms with E-state index >= 15 is 0 Å². The first kappa shape index (κ1) is 9.68. The van der Waals surface area contributed by atoms with Gasteiger partial charge in [0, 0.05) is 0 Å². The second kappa shape index (κ2) is 5.46. The average Bonchev–Trinajstić information content (AvgIpc) is 1.97. The van der Waals surface area contributed by atoms with Crippen molar-refractivity contribution in [3.05, 3.63) is 12.7 Å². The highest BCUT2D eigenvalue weighted by atomic mass is 16.6. The maximum atomic E-state index is 10.3. The molecule has 0 aromatic rings. The van der Waals surface area contributed by atoms with Gasteiger partial charge in [0.2, 0.25) is 0 Å². The van der Waals surface area contributed by atoms with Crippen LogP contribution in [0.5, 0.6) is 0 Å². The minimum atomic E-state index is -1.04. The smallest absolute Gasteiger partial charge is 0.353 e. The topological polar surface area (TPSA) is 58.9 Å². The molecule has 0 saturated heterocycles. The summed E-state index contributed by atoms with van der Waals surface area (Å²) in [5, 5.41) is 11.8. The Morgan fingerprint density at radius 2 is 2.45 bits per heavy atom. The van der Waals surface area contributed by atoms with Crippen LogP contribution in [0.3, 0.4) is 0 Å². The van der Waals surface area contributed by atoms with Gasteiger partial charge >= 0.3 is 5.97 Å². The van der Waals surface area contributed by atoms with Crippen molar-refractivity contribution in [3.63, 3.8) is 0 Å². The van der Waals surface area contributed by atoms with Crippen molar-refractivity contribution in [1.82, 2.24) is 0 Å². The van der Waals surface area contributed by atoms with Crippen LogP contribution in [0, 0.1) is 0 Å². The molecule has 0 bridgehead atoms. The van der Waals surface area contributed by atoms with Crippen molar-refractivity contribution in [3.8, 4) is 0 Å². The number of carbonyl (C=O) groups is 1. The van der Waals surface area contributed by atoms with Crippen molar-refractivity contribution in [2.24, 2.45) is 5.16 Å². The fraction of sp³-hybridized carbons (Fsp3) is 0.429. The van der Waals surface area contributed by atoms with E-state index in [1.165, 1.54) is 6.08 Å². The van der Waals surface area contributed by atoms with E-state index < -0.39 is 5.97 Å². The summed E-state index contributed by atoms with van der Waals surface area (Å²) in [6, 6.07) is 0. The second-order valence-electron chi connectivity index (χ2n) is 1.78. The minimum absolute atomic E-state index is 0.0202. The zero-order chi connectivity index (χ0) is 8.69. The molecule has 0 aliphatic rings. The summed E-state index contributed by atoms with van der Waals surface area (Å²) in [5.74, 6) is -1.04. The lowest BCUT2D eigenvalue weighted by Gasteiger charge is -1.95. The van der Waals surface area contributed by atoms with Gasteiger partial charge in [-0.1, -0.05) is 24.7 Å². The number of carboxylic acid groups (broad SMARTS) is 1. The summed E-state index contributed by atoms with van der Waals surface area (Å²) in [6.45, 7) is 5.32. The summed E-state index contributed by atoms with van der Waals surface area (Å²) in [7, 11) is 0. The first-order chi connectivity index (χ1) is 5.22. The van der Waals surface area contributed by atoms with Crippen LogP contribution in [0.4, 0.5) is 0 Å². The number of nitrogens with zero attached hydrogens (tertiary/aromatic N) is 1. The molecule has 0 aliphatic carbocycles. The molecule has 0 heterocycles. The van der Waals surface area contributed by atoms with Crippen LogP contribution >= 0.6 is 0 Å². The van der Waals surface area contributed by atoms with Gasteiger partial charge < -0.3 is 9.94 Å². The third-order valence-electron chi connectivity index (χ3n) is 0.949. The molecule has 0 aliphatic heterocycles. The van der Waals surface area contributed by atoms with Crippen LogP contribution < -0.4 is 0 Å². The van der Waals surface area contributed by atoms with E-state index in [0.29, 0.717) is 6.42 Å². The third kappa shape index (κ3) is 4.13. The van der Waals surface area contributed by atoms with E-state index in [4.69, 9.17) is 5.11 Å². The van der Waals surface area contributed by atoms with E-state index in [0.717, 1.165) is 0 Å². The van der Waals surface area contributed by atoms with E-state index in [-0.39, 0.29) is 12.3 Å². The minimum Gasteiger partial charge on any atom is -0.477 e. The molecule has 0 saturated carbocycles. The van der Waals surface area contributed by atoms with Crippen LogP contribution in [0.1, 0.15) is 13.3 Å². The number of hydrogen-bond donors (Lipinski definition) is 1. The Bertz CT molecular complexity index is 175. The normalized spacial score (nSPS) is 10.8. The van der Waals surface area contributed by atoms with Gasteiger partial charge in [0.1, 0.15) is 6.61 Å². The highest BCUT2D eigenvalue weighted by molar-refractivity contribution is 6.35. The molecule has 0 amide bonds. The van der Waals surface area contributed by atoms with Crippen molar-refractivity contribution >= 4 is 11.7 Å². The van der Waals surface area contributed by atoms with Crippen LogP contribution in [-0.4, -0.2) is 23.4 Å². The Labute approximate surface area is 65.2 Å². The third-order valence-corrected chi connectivity index (χ3v) is 0.949. The predicted molar refractivity (Wildman–Crippen MR) is 41.5 cm³/mol. The van der Waals surface area contributed by atoms with Crippen molar-refractivity contribution in [1.29, 1.82) is 0 Å². The standard InChI is InChI=1S/C7H11NO3/c1-3-5-11-8-6(4-2)7(9)10/h3H,1,4-5H2,2H3,(H,9,10). The molecule has 4 nitrogen and oxygen atoms in total. The zero-order valence-electron chi connectivity index (χ0n) is 6.41. The summed E-state index contributed by atoms with van der Waals surface area (Å²) in [6.07, 6.45) is 1.85. The average molecular weight is 157 g/mol. The van der Waals surface area contributed by atoms with Gasteiger partial charge in [0.15, 0.2) is 5.71 Å². The summed E-state index contributed by atoms with van der Waals surface area (Å²) in [4.78, 5) is 14.9. The van der Waals surface area contributed by atoms with E-state index in [1.54, 1.807) is 6.92 Å². The molecule has 4 heteroatoms. The maximum Gasteiger partial charge on any atom is 0.353 e. The molecule has 1 N–H and O–H groups in total. The zero-order valence-corrected chi connectivity index (χ0v) is 6.41. The lowest BCUT2D eigenvalue weighted by Crippen LogP contribution is -2.11. The molecule has 0 atom stereocenters. The Kier molecular flexibility index (Phi) is 4.81. The van der Waals surface area contributed by atoms with E-state index in [1.807, 2.05) is 0 Å². The lowest BCUT2D eigenvalue weighted by atomic mass is 10.3. The summed E-state index contributed by atoms with van der Waals surface area (Å²) in [5.41, 5.74) is 0.0202. The number of aliphatic carboxylic acids is 1. The van der Waals surface area contributed by atoms with Gasteiger partial charge in [-0.15, -0.1) is 0 Å². The Morgan fingerprint density at radius 1 is 1.82 bits per heavy atom. The van der Waals surface area contributed by atoms with E-state index in [2.05, 4.69) is 16.6 Å².